The number of carbonyl (C=O) groups is 1. The van der Waals surface area contributed by atoms with Gasteiger partial charge in [0, 0.05) is 30.3 Å². The van der Waals surface area contributed by atoms with Crippen LogP contribution in [0.15, 0.2) is 54.9 Å². The topological polar surface area (TPSA) is 104 Å². The van der Waals surface area contributed by atoms with Crippen molar-refractivity contribution in [3.63, 3.8) is 0 Å². The van der Waals surface area contributed by atoms with E-state index < -0.39 is 0 Å². The van der Waals surface area contributed by atoms with Crippen molar-refractivity contribution in [2.75, 3.05) is 10.6 Å². The summed E-state index contributed by atoms with van der Waals surface area (Å²) in [5.74, 6) is 0.0407. The lowest BCUT2D eigenvalue weighted by Crippen LogP contribution is -2.16. The first-order valence-corrected chi connectivity index (χ1v) is 7.94. The van der Waals surface area contributed by atoms with Crippen LogP contribution in [0.25, 0.3) is 0 Å². The molecule has 0 saturated carbocycles. The Kier molecular flexibility index (Phi) is 5.15. The number of rotatable bonds is 5. The molecule has 1 aromatic carbocycles. The van der Waals surface area contributed by atoms with E-state index in [1.54, 1.807) is 49.6 Å². The van der Waals surface area contributed by atoms with E-state index >= 15 is 0 Å². The van der Waals surface area contributed by atoms with Crippen LogP contribution in [0.2, 0.25) is 0 Å². The van der Waals surface area contributed by atoms with E-state index in [9.17, 15) is 4.79 Å². The molecule has 2 N–H and O–H groups in total. The van der Waals surface area contributed by atoms with Crippen LogP contribution in [0, 0.1) is 18.3 Å². The van der Waals surface area contributed by atoms with E-state index in [-0.39, 0.29) is 11.6 Å². The molecule has 1 amide bonds. The zero-order valence-corrected chi connectivity index (χ0v) is 14.1. The highest BCUT2D eigenvalue weighted by atomic mass is 16.1. The molecule has 26 heavy (non-hydrogen) atoms. The van der Waals surface area contributed by atoms with E-state index in [4.69, 9.17) is 5.26 Å². The third-order valence-corrected chi connectivity index (χ3v) is 3.56. The zero-order chi connectivity index (χ0) is 18.4. The second kappa shape index (κ2) is 7.85. The Hall–Kier alpha value is -3.79. The van der Waals surface area contributed by atoms with Crippen molar-refractivity contribution in [1.29, 1.82) is 5.26 Å². The van der Waals surface area contributed by atoms with Crippen LogP contribution in [0.5, 0.6) is 0 Å². The smallest absolute Gasteiger partial charge is 0.274 e. The summed E-state index contributed by atoms with van der Waals surface area (Å²) >= 11 is 0. The first kappa shape index (κ1) is 17.0. The Labute approximate surface area is 150 Å². The normalized spacial score (nSPS) is 10.0. The molecular formula is C19H16N6O. The van der Waals surface area contributed by atoms with Gasteiger partial charge in [0.15, 0.2) is 0 Å². The van der Waals surface area contributed by atoms with E-state index in [1.807, 2.05) is 18.2 Å². The number of aryl methyl sites for hydroxylation is 1. The van der Waals surface area contributed by atoms with Crippen LogP contribution in [0.3, 0.4) is 0 Å². The fourth-order valence-corrected chi connectivity index (χ4v) is 2.27. The molecule has 3 aromatic rings. The van der Waals surface area contributed by atoms with Gasteiger partial charge in [-0.05, 0) is 55.0 Å². The van der Waals surface area contributed by atoms with Gasteiger partial charge in [-0.3, -0.25) is 9.78 Å². The van der Waals surface area contributed by atoms with Gasteiger partial charge >= 0.3 is 0 Å². The number of nitrogens with one attached hydrogen (secondary N) is 2. The maximum absolute atomic E-state index is 12.4. The highest BCUT2D eigenvalue weighted by molar-refractivity contribution is 6.03. The van der Waals surface area contributed by atoms with Crippen molar-refractivity contribution in [2.24, 2.45) is 0 Å². The van der Waals surface area contributed by atoms with Crippen LogP contribution in [-0.4, -0.2) is 20.9 Å². The van der Waals surface area contributed by atoms with Crippen LogP contribution in [-0.2, 0) is 6.54 Å². The molecule has 2 aromatic heterocycles. The summed E-state index contributed by atoms with van der Waals surface area (Å²) in [6.07, 6.45) is 3.43. The van der Waals surface area contributed by atoms with Gasteiger partial charge in [-0.1, -0.05) is 0 Å². The summed E-state index contributed by atoms with van der Waals surface area (Å²) in [4.78, 5) is 25.0. The average Bonchev–Trinajstić information content (AvgIpc) is 2.67. The number of amides is 1. The number of nitrogens with zero attached hydrogens (tertiary/aromatic N) is 4. The summed E-state index contributed by atoms with van der Waals surface area (Å²) in [5, 5.41) is 14.7. The standard InChI is InChI=1S/C19H16N6O/c1-13-10-17(18(26)24-16-4-2-14(11-20)3-5-16)25-19(23-13)22-12-15-6-8-21-9-7-15/h2-10H,12H2,1H3,(H,24,26)(H,22,23,25). The van der Waals surface area contributed by atoms with Crippen molar-refractivity contribution in [3.05, 3.63) is 77.4 Å². The largest absolute Gasteiger partial charge is 0.350 e. The van der Waals surface area contributed by atoms with Gasteiger partial charge < -0.3 is 10.6 Å². The number of hydrogen-bond acceptors (Lipinski definition) is 6. The summed E-state index contributed by atoms with van der Waals surface area (Å²) in [6, 6.07) is 14.1. The van der Waals surface area contributed by atoms with Crippen molar-refractivity contribution in [2.45, 2.75) is 13.5 Å². The molecule has 0 atom stereocenters. The van der Waals surface area contributed by atoms with E-state index in [0.717, 1.165) is 5.56 Å². The second-order valence-corrected chi connectivity index (χ2v) is 5.57. The van der Waals surface area contributed by atoms with E-state index in [2.05, 4.69) is 25.6 Å². The summed E-state index contributed by atoms with van der Waals surface area (Å²) in [5.41, 5.74) is 3.11. The third-order valence-electron chi connectivity index (χ3n) is 3.56. The Morgan fingerprint density at radius 1 is 1.12 bits per heavy atom. The lowest BCUT2D eigenvalue weighted by atomic mass is 10.2. The van der Waals surface area contributed by atoms with Crippen molar-refractivity contribution in [3.8, 4) is 6.07 Å². The van der Waals surface area contributed by atoms with Gasteiger partial charge in [0.2, 0.25) is 5.95 Å². The van der Waals surface area contributed by atoms with Crippen molar-refractivity contribution >= 4 is 17.5 Å². The Balaban J connectivity index is 1.71. The Bertz CT molecular complexity index is 948. The molecule has 7 nitrogen and oxygen atoms in total. The molecule has 7 heteroatoms. The predicted octanol–water partition coefficient (Wildman–Crippen LogP) is 2.92. The molecule has 0 unspecified atom stereocenters. The minimum Gasteiger partial charge on any atom is -0.350 e. The fourth-order valence-electron chi connectivity index (χ4n) is 2.27. The fraction of sp³-hybridized carbons (Fsp3) is 0.105. The number of nitriles is 1. The highest BCUT2D eigenvalue weighted by Crippen LogP contribution is 2.12. The number of hydrogen-bond donors (Lipinski definition) is 2. The van der Waals surface area contributed by atoms with Crippen LogP contribution in [0.4, 0.5) is 11.6 Å². The molecule has 0 aliphatic heterocycles. The molecular weight excluding hydrogens is 328 g/mol. The van der Waals surface area contributed by atoms with Gasteiger partial charge in [0.1, 0.15) is 5.69 Å². The molecule has 0 fully saturated rings. The molecule has 0 saturated heterocycles. The number of pyridine rings is 1. The molecule has 2 heterocycles. The molecule has 128 valence electrons. The third kappa shape index (κ3) is 4.39. The molecule has 0 radical (unpaired) electrons. The number of anilines is 2. The predicted molar refractivity (Wildman–Crippen MR) is 97.4 cm³/mol. The number of benzene rings is 1. The van der Waals surface area contributed by atoms with Gasteiger partial charge in [-0.25, -0.2) is 9.97 Å². The SMILES string of the molecule is Cc1cc(C(=O)Nc2ccc(C#N)cc2)nc(NCc2ccncc2)n1. The maximum Gasteiger partial charge on any atom is 0.274 e. The lowest BCUT2D eigenvalue weighted by Gasteiger charge is -2.09. The van der Waals surface area contributed by atoms with Gasteiger partial charge in [0.05, 0.1) is 11.6 Å². The molecule has 0 spiro atoms. The second-order valence-electron chi connectivity index (χ2n) is 5.57. The van der Waals surface area contributed by atoms with Crippen LogP contribution in [0.1, 0.15) is 27.3 Å². The maximum atomic E-state index is 12.4. The number of carbonyl (C=O) groups excluding carboxylic acids is 1. The van der Waals surface area contributed by atoms with Gasteiger partial charge in [-0.2, -0.15) is 5.26 Å². The quantitative estimate of drug-likeness (QED) is 0.737. The summed E-state index contributed by atoms with van der Waals surface area (Å²) < 4.78 is 0. The van der Waals surface area contributed by atoms with Crippen molar-refractivity contribution in [1.82, 2.24) is 15.0 Å². The average molecular weight is 344 g/mol. The van der Waals surface area contributed by atoms with Crippen LogP contribution < -0.4 is 10.6 Å². The van der Waals surface area contributed by atoms with Gasteiger partial charge in [-0.15, -0.1) is 0 Å². The summed E-state index contributed by atoms with van der Waals surface area (Å²) in [6.45, 7) is 2.33. The molecule has 0 aliphatic rings. The molecule has 0 aliphatic carbocycles. The summed E-state index contributed by atoms with van der Waals surface area (Å²) in [7, 11) is 0. The minimum atomic E-state index is -0.341. The highest BCUT2D eigenvalue weighted by Gasteiger charge is 2.11. The zero-order valence-electron chi connectivity index (χ0n) is 14.1. The lowest BCUT2D eigenvalue weighted by molar-refractivity contribution is 0.102. The van der Waals surface area contributed by atoms with Crippen molar-refractivity contribution < 1.29 is 4.79 Å². The minimum absolute atomic E-state index is 0.263. The first-order valence-electron chi connectivity index (χ1n) is 7.94. The van der Waals surface area contributed by atoms with E-state index in [1.165, 1.54) is 0 Å². The Morgan fingerprint density at radius 2 is 1.85 bits per heavy atom. The molecule has 0 bridgehead atoms. The Morgan fingerprint density at radius 3 is 2.54 bits per heavy atom. The van der Waals surface area contributed by atoms with Gasteiger partial charge in [0.25, 0.3) is 5.91 Å². The monoisotopic (exact) mass is 344 g/mol. The number of aromatic nitrogens is 3. The van der Waals surface area contributed by atoms with Crippen LogP contribution >= 0.6 is 0 Å². The van der Waals surface area contributed by atoms with E-state index in [0.29, 0.717) is 29.4 Å². The molecule has 3 rings (SSSR count). The first-order chi connectivity index (χ1) is 12.6.